The Hall–Kier alpha value is -3.49. The van der Waals surface area contributed by atoms with Crippen LogP contribution in [0.5, 0.6) is 5.75 Å². The van der Waals surface area contributed by atoms with Gasteiger partial charge in [0, 0.05) is 24.8 Å². The van der Waals surface area contributed by atoms with Gasteiger partial charge >= 0.3 is 6.36 Å². The molecular formula is C20H18F3N3O3. The van der Waals surface area contributed by atoms with Crippen LogP contribution in [0, 0.1) is 0 Å². The molecule has 1 N–H and O–H groups in total. The number of amides is 1. The molecule has 0 fully saturated rings. The molecule has 9 heteroatoms. The fourth-order valence-corrected chi connectivity index (χ4v) is 2.53. The summed E-state index contributed by atoms with van der Waals surface area (Å²) < 4.78 is 47.9. The number of hydrogen-bond donors (Lipinski definition) is 1. The van der Waals surface area contributed by atoms with E-state index in [1.807, 2.05) is 19.1 Å². The van der Waals surface area contributed by atoms with Crippen LogP contribution < -0.4 is 10.1 Å². The third-order valence-corrected chi connectivity index (χ3v) is 3.79. The largest absolute Gasteiger partial charge is 0.573 e. The van der Waals surface area contributed by atoms with Gasteiger partial charge in [0.05, 0.1) is 6.54 Å². The average Bonchev–Trinajstić information content (AvgIpc) is 3.28. The van der Waals surface area contributed by atoms with Gasteiger partial charge in [-0.1, -0.05) is 19.1 Å². The number of carbonyl (C=O) groups is 1. The quantitative estimate of drug-likeness (QED) is 0.582. The predicted molar refractivity (Wildman–Crippen MR) is 100 cm³/mol. The second-order valence-corrected chi connectivity index (χ2v) is 6.06. The van der Waals surface area contributed by atoms with Crippen molar-refractivity contribution >= 4 is 17.8 Å². The summed E-state index contributed by atoms with van der Waals surface area (Å²) in [5, 5.41) is 6.82. The van der Waals surface area contributed by atoms with Crippen molar-refractivity contribution in [3.05, 3.63) is 71.8 Å². The third kappa shape index (κ3) is 6.27. The molecule has 152 valence electrons. The topological polar surface area (TPSA) is 69.3 Å². The second-order valence-electron chi connectivity index (χ2n) is 6.06. The Morgan fingerprint density at radius 1 is 1.24 bits per heavy atom. The Balaban J connectivity index is 1.57. The number of halogens is 3. The highest BCUT2D eigenvalue weighted by Gasteiger charge is 2.31. The van der Waals surface area contributed by atoms with Crippen molar-refractivity contribution in [3.8, 4) is 5.75 Å². The Morgan fingerprint density at radius 3 is 2.76 bits per heavy atom. The first-order valence-electron chi connectivity index (χ1n) is 8.76. The molecule has 0 saturated carbocycles. The minimum Gasteiger partial charge on any atom is -0.464 e. The Morgan fingerprint density at radius 2 is 2.03 bits per heavy atom. The lowest BCUT2D eigenvalue weighted by Crippen LogP contribution is -2.17. The number of aromatic nitrogens is 2. The molecule has 0 aliphatic rings. The molecule has 0 unspecified atom stereocenters. The van der Waals surface area contributed by atoms with Crippen LogP contribution in [0.25, 0.3) is 6.08 Å². The number of rotatable bonds is 7. The first-order valence-corrected chi connectivity index (χ1v) is 8.76. The third-order valence-electron chi connectivity index (χ3n) is 3.79. The minimum atomic E-state index is -4.77. The number of ether oxygens (including phenoxy) is 1. The van der Waals surface area contributed by atoms with E-state index < -0.39 is 12.3 Å². The van der Waals surface area contributed by atoms with E-state index in [2.05, 4.69) is 15.2 Å². The summed E-state index contributed by atoms with van der Waals surface area (Å²) in [7, 11) is 0. The number of hydrogen-bond acceptors (Lipinski definition) is 4. The Kier molecular flexibility index (Phi) is 6.06. The van der Waals surface area contributed by atoms with Crippen molar-refractivity contribution in [2.75, 3.05) is 5.32 Å². The van der Waals surface area contributed by atoms with Crippen LogP contribution in [0.15, 0.2) is 59.2 Å². The van der Waals surface area contributed by atoms with Gasteiger partial charge in [0.25, 0.3) is 0 Å². The Labute approximate surface area is 164 Å². The first kappa shape index (κ1) is 20.2. The zero-order chi connectivity index (χ0) is 20.9. The molecule has 2 aromatic heterocycles. The molecule has 0 atom stereocenters. The van der Waals surface area contributed by atoms with E-state index in [4.69, 9.17) is 4.42 Å². The SMILES string of the molecule is CCc1ccc(Cn2ccc(NC(=O)/C=C/c3cccc(OC(F)(F)F)c3)n2)o1. The van der Waals surface area contributed by atoms with Crippen molar-refractivity contribution in [2.24, 2.45) is 0 Å². The number of carbonyl (C=O) groups excluding carboxylic acids is 1. The van der Waals surface area contributed by atoms with Crippen LogP contribution in [-0.2, 0) is 17.8 Å². The molecule has 29 heavy (non-hydrogen) atoms. The van der Waals surface area contributed by atoms with E-state index in [-0.39, 0.29) is 5.75 Å². The zero-order valence-corrected chi connectivity index (χ0v) is 15.4. The molecule has 0 radical (unpaired) electrons. The van der Waals surface area contributed by atoms with E-state index in [0.29, 0.717) is 17.9 Å². The summed E-state index contributed by atoms with van der Waals surface area (Å²) in [6.45, 7) is 2.43. The van der Waals surface area contributed by atoms with Crippen molar-refractivity contribution in [1.82, 2.24) is 9.78 Å². The van der Waals surface area contributed by atoms with Crippen LogP contribution in [0.3, 0.4) is 0 Å². The predicted octanol–water partition coefficient (Wildman–Crippen LogP) is 4.64. The molecule has 3 aromatic rings. The summed E-state index contributed by atoms with van der Waals surface area (Å²) in [6.07, 6.45) is 0.312. The van der Waals surface area contributed by atoms with Gasteiger partial charge in [0.2, 0.25) is 5.91 Å². The van der Waals surface area contributed by atoms with E-state index in [1.54, 1.807) is 23.0 Å². The number of benzene rings is 1. The number of nitrogens with one attached hydrogen (secondary N) is 1. The van der Waals surface area contributed by atoms with Crippen molar-refractivity contribution in [2.45, 2.75) is 26.3 Å². The molecule has 0 aliphatic carbocycles. The van der Waals surface area contributed by atoms with Gasteiger partial charge in [-0.25, -0.2) is 0 Å². The molecule has 0 saturated heterocycles. The molecule has 6 nitrogen and oxygen atoms in total. The maximum Gasteiger partial charge on any atom is 0.573 e. The van der Waals surface area contributed by atoms with Gasteiger partial charge in [-0.3, -0.25) is 9.48 Å². The lowest BCUT2D eigenvalue weighted by Gasteiger charge is -2.08. The first-order chi connectivity index (χ1) is 13.8. The van der Waals surface area contributed by atoms with Gasteiger partial charge in [0.15, 0.2) is 5.82 Å². The van der Waals surface area contributed by atoms with Crippen LogP contribution in [0.4, 0.5) is 19.0 Å². The van der Waals surface area contributed by atoms with E-state index in [1.165, 1.54) is 30.4 Å². The van der Waals surface area contributed by atoms with Gasteiger partial charge in [-0.2, -0.15) is 5.10 Å². The average molecular weight is 405 g/mol. The monoisotopic (exact) mass is 405 g/mol. The molecule has 2 heterocycles. The van der Waals surface area contributed by atoms with E-state index in [0.717, 1.165) is 17.9 Å². The highest BCUT2D eigenvalue weighted by atomic mass is 19.4. The maximum absolute atomic E-state index is 12.3. The summed E-state index contributed by atoms with van der Waals surface area (Å²) in [5.74, 6) is 1.15. The number of furan rings is 1. The number of anilines is 1. The van der Waals surface area contributed by atoms with Crippen LogP contribution >= 0.6 is 0 Å². The molecule has 0 spiro atoms. The van der Waals surface area contributed by atoms with Crippen LogP contribution in [-0.4, -0.2) is 22.1 Å². The highest BCUT2D eigenvalue weighted by molar-refractivity contribution is 6.01. The molecule has 0 bridgehead atoms. The standard InChI is InChI=1S/C20H18F3N3O3/c1-2-15-7-8-17(28-15)13-26-11-10-18(25-26)24-19(27)9-6-14-4-3-5-16(12-14)29-20(21,22)23/h3-12H,2,13H2,1H3,(H,24,25,27)/b9-6+. The number of aryl methyl sites for hydroxylation is 1. The fourth-order valence-electron chi connectivity index (χ4n) is 2.53. The summed E-state index contributed by atoms with van der Waals surface area (Å²) >= 11 is 0. The van der Waals surface area contributed by atoms with Crippen LogP contribution in [0.1, 0.15) is 24.0 Å². The van der Waals surface area contributed by atoms with E-state index in [9.17, 15) is 18.0 Å². The lowest BCUT2D eigenvalue weighted by atomic mass is 10.2. The summed E-state index contributed by atoms with van der Waals surface area (Å²) in [6, 6.07) is 10.7. The zero-order valence-electron chi connectivity index (χ0n) is 15.4. The van der Waals surface area contributed by atoms with Crippen molar-refractivity contribution in [3.63, 3.8) is 0 Å². The van der Waals surface area contributed by atoms with Gasteiger partial charge < -0.3 is 14.5 Å². The van der Waals surface area contributed by atoms with Gasteiger partial charge in [-0.05, 0) is 35.9 Å². The molecular weight excluding hydrogens is 387 g/mol. The Bertz CT molecular complexity index is 1010. The van der Waals surface area contributed by atoms with Crippen LogP contribution in [0.2, 0.25) is 0 Å². The fraction of sp³-hybridized carbons (Fsp3) is 0.200. The molecule has 0 aliphatic heterocycles. The lowest BCUT2D eigenvalue weighted by molar-refractivity contribution is -0.274. The summed E-state index contributed by atoms with van der Waals surface area (Å²) in [4.78, 5) is 12.0. The summed E-state index contributed by atoms with van der Waals surface area (Å²) in [5.41, 5.74) is 0.386. The smallest absolute Gasteiger partial charge is 0.464 e. The highest BCUT2D eigenvalue weighted by Crippen LogP contribution is 2.23. The van der Waals surface area contributed by atoms with Crippen molar-refractivity contribution < 1.29 is 27.1 Å². The minimum absolute atomic E-state index is 0.344. The normalized spacial score (nSPS) is 11.7. The van der Waals surface area contributed by atoms with Gasteiger partial charge in [-0.15, -0.1) is 13.2 Å². The molecule has 3 rings (SSSR count). The van der Waals surface area contributed by atoms with Crippen molar-refractivity contribution in [1.29, 1.82) is 0 Å². The van der Waals surface area contributed by atoms with Gasteiger partial charge in [0.1, 0.15) is 17.3 Å². The second kappa shape index (κ2) is 8.68. The molecule has 1 amide bonds. The van der Waals surface area contributed by atoms with E-state index >= 15 is 0 Å². The number of alkyl halides is 3. The number of nitrogens with zero attached hydrogens (tertiary/aromatic N) is 2. The molecule has 1 aromatic carbocycles. The maximum atomic E-state index is 12.3.